The van der Waals surface area contributed by atoms with Crippen molar-refractivity contribution >= 4 is 5.69 Å². The van der Waals surface area contributed by atoms with Gasteiger partial charge in [0.05, 0.1) is 10.6 Å². The van der Waals surface area contributed by atoms with E-state index in [4.69, 9.17) is 4.52 Å². The van der Waals surface area contributed by atoms with Crippen molar-refractivity contribution in [3.8, 4) is 5.69 Å². The lowest BCUT2D eigenvalue weighted by atomic mass is 10.2. The van der Waals surface area contributed by atoms with Crippen molar-refractivity contribution in [1.82, 2.24) is 9.31 Å². The van der Waals surface area contributed by atoms with E-state index in [1.807, 2.05) is 0 Å². The molecule has 0 saturated carbocycles. The van der Waals surface area contributed by atoms with E-state index in [0.29, 0.717) is 5.56 Å². The summed E-state index contributed by atoms with van der Waals surface area (Å²) in [7, 11) is 1.26. The third-order valence-electron chi connectivity index (χ3n) is 2.53. The summed E-state index contributed by atoms with van der Waals surface area (Å²) in [6.07, 6.45) is 0. The molecule has 8 nitrogen and oxygen atoms in total. The Morgan fingerprint density at radius 3 is 2.50 bits per heavy atom. The van der Waals surface area contributed by atoms with E-state index in [2.05, 4.69) is 0 Å². The zero-order valence-corrected chi connectivity index (χ0v) is 9.61. The Morgan fingerprint density at radius 1 is 1.33 bits per heavy atom. The van der Waals surface area contributed by atoms with Gasteiger partial charge in [0.1, 0.15) is 0 Å². The first-order chi connectivity index (χ1) is 8.41. The van der Waals surface area contributed by atoms with Crippen molar-refractivity contribution in [2.24, 2.45) is 7.05 Å². The lowest BCUT2D eigenvalue weighted by molar-refractivity contribution is -0.385. The van der Waals surface area contributed by atoms with Gasteiger partial charge in [-0.2, -0.15) is 0 Å². The standard InChI is InChI=1S/C10H9N3O5/c1-6-3-4-7(5-8(6)13(16)17)12-9(14)11(2)10(15)18-12/h3-5H,1-2H3. The zero-order valence-electron chi connectivity index (χ0n) is 9.61. The Hall–Kier alpha value is -2.64. The molecule has 0 spiro atoms. The summed E-state index contributed by atoms with van der Waals surface area (Å²) in [5, 5.41) is 10.8. The minimum Gasteiger partial charge on any atom is -0.312 e. The van der Waals surface area contributed by atoms with Gasteiger partial charge < -0.3 is 4.52 Å². The normalized spacial score (nSPS) is 10.6. The molecule has 0 N–H and O–H groups in total. The molecule has 1 heterocycles. The first kappa shape index (κ1) is 11.8. The van der Waals surface area contributed by atoms with Crippen LogP contribution in [0.4, 0.5) is 5.69 Å². The van der Waals surface area contributed by atoms with Crippen LogP contribution < -0.4 is 11.4 Å². The molecule has 0 unspecified atom stereocenters. The van der Waals surface area contributed by atoms with Crippen LogP contribution in [0, 0.1) is 17.0 Å². The van der Waals surface area contributed by atoms with Crippen LogP contribution >= 0.6 is 0 Å². The predicted octanol–water partition coefficient (Wildman–Crippen LogP) is 0.346. The number of aryl methyl sites for hydroxylation is 1. The third kappa shape index (κ3) is 1.73. The van der Waals surface area contributed by atoms with Crippen molar-refractivity contribution in [3.05, 3.63) is 54.9 Å². The Bertz CT molecular complexity index is 737. The Morgan fingerprint density at radius 2 is 2.00 bits per heavy atom. The second-order valence-corrected chi connectivity index (χ2v) is 3.72. The highest BCUT2D eigenvalue weighted by molar-refractivity contribution is 5.47. The van der Waals surface area contributed by atoms with E-state index in [0.717, 1.165) is 9.31 Å². The lowest BCUT2D eigenvalue weighted by Gasteiger charge is -2.00. The van der Waals surface area contributed by atoms with Gasteiger partial charge in [-0.15, -0.1) is 4.74 Å². The number of nitro benzene ring substituents is 1. The molecule has 0 atom stereocenters. The molecule has 8 heteroatoms. The highest BCUT2D eigenvalue weighted by Gasteiger charge is 2.15. The summed E-state index contributed by atoms with van der Waals surface area (Å²) in [6, 6.07) is 4.12. The van der Waals surface area contributed by atoms with Crippen LogP contribution in [-0.2, 0) is 7.05 Å². The van der Waals surface area contributed by atoms with Gasteiger partial charge in [0, 0.05) is 18.7 Å². The van der Waals surface area contributed by atoms with Gasteiger partial charge in [-0.3, -0.25) is 10.1 Å². The zero-order chi connectivity index (χ0) is 13.4. The van der Waals surface area contributed by atoms with E-state index in [1.165, 1.54) is 25.2 Å². The molecule has 0 amide bonds. The molecule has 1 aromatic heterocycles. The van der Waals surface area contributed by atoms with Crippen LogP contribution in [0.3, 0.4) is 0 Å². The van der Waals surface area contributed by atoms with Crippen molar-refractivity contribution in [2.75, 3.05) is 0 Å². The molecule has 0 fully saturated rings. The third-order valence-corrected chi connectivity index (χ3v) is 2.53. The van der Waals surface area contributed by atoms with E-state index in [9.17, 15) is 19.7 Å². The summed E-state index contributed by atoms with van der Waals surface area (Å²) in [5.41, 5.74) is -0.255. The molecule has 0 aliphatic heterocycles. The smallest absolute Gasteiger partial charge is 0.312 e. The highest BCUT2D eigenvalue weighted by atomic mass is 16.6. The summed E-state index contributed by atoms with van der Waals surface area (Å²) < 4.78 is 6.18. The molecule has 2 rings (SSSR count). The summed E-state index contributed by atoms with van der Waals surface area (Å²) in [4.78, 5) is 33.0. The number of rotatable bonds is 2. The number of nitro groups is 1. The van der Waals surface area contributed by atoms with Gasteiger partial charge in [-0.05, 0) is 13.0 Å². The first-order valence-corrected chi connectivity index (χ1v) is 4.96. The van der Waals surface area contributed by atoms with Crippen LogP contribution in [0.25, 0.3) is 5.69 Å². The number of hydrogen-bond acceptors (Lipinski definition) is 5. The van der Waals surface area contributed by atoms with E-state index >= 15 is 0 Å². The average Bonchev–Trinajstić information content (AvgIpc) is 2.57. The maximum absolute atomic E-state index is 11.6. The molecule has 1 aromatic carbocycles. The van der Waals surface area contributed by atoms with Crippen LogP contribution in [0.5, 0.6) is 0 Å². The quantitative estimate of drug-likeness (QED) is 0.566. The number of hydrogen-bond donors (Lipinski definition) is 0. The van der Waals surface area contributed by atoms with Crippen LogP contribution in [0.2, 0.25) is 0 Å². The number of aromatic nitrogens is 2. The van der Waals surface area contributed by atoms with E-state index < -0.39 is 16.4 Å². The maximum Gasteiger partial charge on any atom is 0.442 e. The largest absolute Gasteiger partial charge is 0.442 e. The Labute approximate surface area is 99.8 Å². The van der Waals surface area contributed by atoms with Gasteiger partial charge in [0.2, 0.25) is 0 Å². The minimum absolute atomic E-state index is 0.134. The highest BCUT2D eigenvalue weighted by Crippen LogP contribution is 2.20. The van der Waals surface area contributed by atoms with Crippen molar-refractivity contribution in [3.63, 3.8) is 0 Å². The summed E-state index contributed by atoms with van der Waals surface area (Å²) >= 11 is 0. The van der Waals surface area contributed by atoms with Crippen LogP contribution in [-0.4, -0.2) is 14.2 Å². The monoisotopic (exact) mass is 251 g/mol. The second kappa shape index (κ2) is 3.99. The van der Waals surface area contributed by atoms with Crippen LogP contribution in [0.1, 0.15) is 5.56 Å². The molecule has 0 radical (unpaired) electrons. The SMILES string of the molecule is Cc1ccc(-n2oc(=O)n(C)c2=O)cc1[N+](=O)[O-]. The molecule has 2 aromatic rings. The van der Waals surface area contributed by atoms with Gasteiger partial charge in [-0.25, -0.2) is 14.2 Å². The topological polar surface area (TPSA) is 100 Å². The van der Waals surface area contributed by atoms with Gasteiger partial charge in [-0.1, -0.05) is 6.07 Å². The molecule has 18 heavy (non-hydrogen) atoms. The van der Waals surface area contributed by atoms with E-state index in [1.54, 1.807) is 6.92 Å². The molecule has 0 saturated heterocycles. The van der Waals surface area contributed by atoms with Gasteiger partial charge in [0.15, 0.2) is 0 Å². The molecule has 0 aliphatic rings. The number of benzene rings is 1. The Kier molecular flexibility index (Phi) is 2.62. The van der Waals surface area contributed by atoms with Gasteiger partial charge >= 0.3 is 11.4 Å². The average molecular weight is 251 g/mol. The van der Waals surface area contributed by atoms with Crippen LogP contribution in [0.15, 0.2) is 32.3 Å². The fourth-order valence-corrected chi connectivity index (χ4v) is 1.48. The van der Waals surface area contributed by atoms with Gasteiger partial charge in [0.25, 0.3) is 5.69 Å². The lowest BCUT2D eigenvalue weighted by Crippen LogP contribution is -2.25. The Balaban J connectivity index is 2.69. The molecule has 0 aliphatic carbocycles. The van der Waals surface area contributed by atoms with Crippen molar-refractivity contribution in [2.45, 2.75) is 6.92 Å². The van der Waals surface area contributed by atoms with Crippen molar-refractivity contribution < 1.29 is 9.45 Å². The minimum atomic E-state index is -0.830. The maximum atomic E-state index is 11.6. The predicted molar refractivity (Wildman–Crippen MR) is 60.9 cm³/mol. The van der Waals surface area contributed by atoms with Crippen molar-refractivity contribution in [1.29, 1.82) is 0 Å². The molecule has 0 bridgehead atoms. The molecular formula is C10H9N3O5. The summed E-state index contributed by atoms with van der Waals surface area (Å²) in [5.74, 6) is -0.830. The first-order valence-electron chi connectivity index (χ1n) is 4.96. The second-order valence-electron chi connectivity index (χ2n) is 3.72. The fraction of sp³-hybridized carbons (Fsp3) is 0.200. The molecular weight excluding hydrogens is 242 g/mol. The fourth-order valence-electron chi connectivity index (χ4n) is 1.48. The number of nitrogens with zero attached hydrogens (tertiary/aromatic N) is 3. The molecule has 94 valence electrons. The van der Waals surface area contributed by atoms with E-state index in [-0.39, 0.29) is 11.4 Å². The summed E-state index contributed by atoms with van der Waals surface area (Å²) in [6.45, 7) is 1.58.